The fraction of sp³-hybridized carbons (Fsp3) is 0.579. The molecule has 140 valence electrons. The highest BCUT2D eigenvalue weighted by molar-refractivity contribution is 5.90. The van der Waals surface area contributed by atoms with Crippen molar-refractivity contribution in [2.24, 2.45) is 11.3 Å². The van der Waals surface area contributed by atoms with Crippen LogP contribution >= 0.6 is 0 Å². The highest BCUT2D eigenvalue weighted by atomic mass is 19.1. The molecule has 2 amide bonds. The molecule has 0 aromatic heterocycles. The molecule has 1 saturated carbocycles. The zero-order valence-electron chi connectivity index (χ0n) is 14.6. The maximum atomic E-state index is 13.5. The van der Waals surface area contributed by atoms with Crippen molar-refractivity contribution in [1.29, 1.82) is 0 Å². The third-order valence-corrected chi connectivity index (χ3v) is 6.24. The van der Waals surface area contributed by atoms with E-state index in [1.807, 2.05) is 6.07 Å². The lowest BCUT2D eigenvalue weighted by atomic mass is 9.81. The maximum Gasteiger partial charge on any atom is 0.248 e. The Bertz CT molecular complexity index is 722. The lowest BCUT2D eigenvalue weighted by Gasteiger charge is -2.37. The number of nitrogens with one attached hydrogen (secondary N) is 2. The van der Waals surface area contributed by atoms with E-state index in [0.29, 0.717) is 19.5 Å². The number of likely N-dealkylation sites (tertiary alicyclic amines) is 1. The Kier molecular flexibility index (Phi) is 4.44. The highest BCUT2D eigenvalue weighted by Crippen LogP contribution is 2.52. The first-order valence-electron chi connectivity index (χ1n) is 9.23. The van der Waals surface area contributed by atoms with Crippen molar-refractivity contribution in [2.45, 2.75) is 37.6 Å². The minimum absolute atomic E-state index is 0.104. The van der Waals surface area contributed by atoms with Crippen LogP contribution in [0.1, 0.15) is 37.2 Å². The average Bonchev–Trinajstić information content (AvgIpc) is 3.21. The molecule has 4 rings (SSSR count). The molecule has 1 aliphatic carbocycles. The van der Waals surface area contributed by atoms with E-state index in [9.17, 15) is 14.0 Å². The molecular formula is C19H24FN3O3. The number of rotatable bonds is 3. The number of carbonyl (C=O) groups is 2. The molecule has 3 atom stereocenters. The molecule has 7 heteroatoms. The minimum atomic E-state index is -0.611. The molecular weight excluding hydrogens is 337 g/mol. The van der Waals surface area contributed by atoms with Crippen molar-refractivity contribution in [3.63, 3.8) is 0 Å². The molecule has 2 saturated heterocycles. The third-order valence-electron chi connectivity index (χ3n) is 6.24. The molecule has 26 heavy (non-hydrogen) atoms. The van der Waals surface area contributed by atoms with Crippen LogP contribution in [0.25, 0.3) is 0 Å². The molecule has 1 spiro atoms. The first-order chi connectivity index (χ1) is 12.5. The van der Waals surface area contributed by atoms with Crippen LogP contribution in [0.2, 0.25) is 0 Å². The van der Waals surface area contributed by atoms with Gasteiger partial charge in [0.1, 0.15) is 5.82 Å². The van der Waals surface area contributed by atoms with E-state index in [-0.39, 0.29) is 23.1 Å². The summed E-state index contributed by atoms with van der Waals surface area (Å²) in [6.45, 7) is 1.86. The van der Waals surface area contributed by atoms with Crippen LogP contribution < -0.4 is 10.8 Å². The first-order valence-corrected chi connectivity index (χ1v) is 9.23. The van der Waals surface area contributed by atoms with Crippen molar-refractivity contribution in [3.8, 4) is 0 Å². The molecule has 6 nitrogen and oxygen atoms in total. The minimum Gasteiger partial charge on any atom is -0.341 e. The molecule has 1 aromatic rings. The van der Waals surface area contributed by atoms with Crippen LogP contribution in [0.5, 0.6) is 0 Å². The largest absolute Gasteiger partial charge is 0.341 e. The van der Waals surface area contributed by atoms with Crippen LogP contribution in [0.4, 0.5) is 4.39 Å². The molecule has 1 unspecified atom stereocenters. The molecule has 3 N–H and O–H groups in total. The van der Waals surface area contributed by atoms with Gasteiger partial charge in [-0.05, 0) is 48.8 Å². The van der Waals surface area contributed by atoms with Gasteiger partial charge in [0.15, 0.2) is 0 Å². The summed E-state index contributed by atoms with van der Waals surface area (Å²) < 4.78 is 13.5. The Morgan fingerprint density at radius 3 is 2.85 bits per heavy atom. The van der Waals surface area contributed by atoms with Gasteiger partial charge in [-0.1, -0.05) is 12.1 Å². The van der Waals surface area contributed by atoms with Gasteiger partial charge in [0.25, 0.3) is 0 Å². The normalized spacial score (nSPS) is 29.6. The van der Waals surface area contributed by atoms with E-state index in [2.05, 4.69) is 5.32 Å². The van der Waals surface area contributed by atoms with E-state index in [4.69, 9.17) is 5.21 Å². The smallest absolute Gasteiger partial charge is 0.248 e. The molecule has 0 radical (unpaired) electrons. The van der Waals surface area contributed by atoms with Crippen LogP contribution in [-0.4, -0.2) is 47.6 Å². The quantitative estimate of drug-likeness (QED) is 0.562. The molecule has 1 aromatic carbocycles. The molecule has 0 bridgehead atoms. The van der Waals surface area contributed by atoms with Crippen molar-refractivity contribution in [3.05, 3.63) is 35.6 Å². The lowest BCUT2D eigenvalue weighted by Crippen LogP contribution is -2.58. The highest BCUT2D eigenvalue weighted by Gasteiger charge is 2.53. The fourth-order valence-electron chi connectivity index (χ4n) is 4.46. The average molecular weight is 361 g/mol. The second-order valence-electron chi connectivity index (χ2n) is 7.97. The molecule has 2 aliphatic heterocycles. The monoisotopic (exact) mass is 361 g/mol. The molecule has 3 fully saturated rings. The predicted molar refractivity (Wildman–Crippen MR) is 91.8 cm³/mol. The number of amides is 2. The van der Waals surface area contributed by atoms with Crippen molar-refractivity contribution in [1.82, 2.24) is 15.7 Å². The summed E-state index contributed by atoms with van der Waals surface area (Å²) in [7, 11) is 0. The third kappa shape index (κ3) is 3.21. The van der Waals surface area contributed by atoms with Gasteiger partial charge in [-0.25, -0.2) is 9.87 Å². The fourth-order valence-corrected chi connectivity index (χ4v) is 4.46. The number of piperidine rings is 1. The Balaban J connectivity index is 1.45. The van der Waals surface area contributed by atoms with Gasteiger partial charge < -0.3 is 10.2 Å². The summed E-state index contributed by atoms with van der Waals surface area (Å²) in [5.41, 5.74) is 2.74. The number of benzene rings is 1. The lowest BCUT2D eigenvalue weighted by molar-refractivity contribution is -0.144. The van der Waals surface area contributed by atoms with Crippen LogP contribution in [0.3, 0.4) is 0 Å². The van der Waals surface area contributed by atoms with Crippen molar-refractivity contribution < 1.29 is 19.2 Å². The molecule has 3 aliphatic rings. The van der Waals surface area contributed by atoms with E-state index >= 15 is 0 Å². The van der Waals surface area contributed by atoms with Gasteiger partial charge >= 0.3 is 0 Å². The SMILES string of the molecule is O=C(NO)[C@H]1CC2(CC2)CN[C@@H]1C(=O)N1CCC(c2cccc(F)c2)C1. The summed E-state index contributed by atoms with van der Waals surface area (Å²) in [6, 6.07) is 5.91. The van der Waals surface area contributed by atoms with E-state index < -0.39 is 17.9 Å². The first kappa shape index (κ1) is 17.4. The van der Waals surface area contributed by atoms with Gasteiger partial charge in [0.2, 0.25) is 11.8 Å². The number of nitrogens with zero attached hydrogens (tertiary/aromatic N) is 1. The zero-order chi connectivity index (χ0) is 18.3. The summed E-state index contributed by atoms with van der Waals surface area (Å²) in [4.78, 5) is 26.9. The van der Waals surface area contributed by atoms with Crippen LogP contribution in [-0.2, 0) is 9.59 Å². The second kappa shape index (κ2) is 6.63. The molecule has 2 heterocycles. The van der Waals surface area contributed by atoms with E-state index in [0.717, 1.165) is 31.4 Å². The summed E-state index contributed by atoms with van der Waals surface area (Å²) >= 11 is 0. The number of halogens is 1. The number of hydroxylamine groups is 1. The van der Waals surface area contributed by atoms with Crippen LogP contribution in [0.15, 0.2) is 24.3 Å². The second-order valence-corrected chi connectivity index (χ2v) is 7.97. The summed E-state index contributed by atoms with van der Waals surface area (Å²) in [6.07, 6.45) is 3.52. The van der Waals surface area contributed by atoms with Crippen molar-refractivity contribution >= 4 is 11.8 Å². The van der Waals surface area contributed by atoms with Gasteiger partial charge in [-0.2, -0.15) is 0 Å². The van der Waals surface area contributed by atoms with Gasteiger partial charge in [-0.15, -0.1) is 0 Å². The van der Waals surface area contributed by atoms with E-state index in [1.54, 1.807) is 16.4 Å². The Labute approximate surface area is 151 Å². The van der Waals surface area contributed by atoms with E-state index in [1.165, 1.54) is 12.1 Å². The Morgan fingerprint density at radius 2 is 2.15 bits per heavy atom. The maximum absolute atomic E-state index is 13.5. The van der Waals surface area contributed by atoms with Gasteiger partial charge in [-0.3, -0.25) is 14.8 Å². The number of hydrogen-bond donors (Lipinski definition) is 3. The van der Waals surface area contributed by atoms with Gasteiger partial charge in [0, 0.05) is 25.6 Å². The zero-order valence-corrected chi connectivity index (χ0v) is 14.6. The summed E-state index contributed by atoms with van der Waals surface area (Å²) in [5, 5.41) is 12.3. The number of hydrogen-bond acceptors (Lipinski definition) is 4. The summed E-state index contributed by atoms with van der Waals surface area (Å²) in [5.74, 6) is -1.32. The van der Waals surface area contributed by atoms with Gasteiger partial charge in [0.05, 0.1) is 12.0 Å². The predicted octanol–water partition coefficient (Wildman–Crippen LogP) is 1.41. The number of carbonyl (C=O) groups excluding carboxylic acids is 2. The standard InChI is InChI=1S/C19H24FN3O3/c20-14-3-1-2-12(8-14)13-4-7-23(10-13)18(25)16-15(17(24)22-26)9-19(5-6-19)11-21-16/h1-3,8,13,15-16,21,26H,4-7,9-11H2,(H,22,24)/t13?,15-,16-/m0/s1. The Morgan fingerprint density at radius 1 is 1.35 bits per heavy atom. The Hall–Kier alpha value is -1.99. The topological polar surface area (TPSA) is 81.7 Å². The van der Waals surface area contributed by atoms with Crippen molar-refractivity contribution in [2.75, 3.05) is 19.6 Å². The van der Waals surface area contributed by atoms with Crippen LogP contribution in [0, 0.1) is 17.2 Å².